The number of carboxylic acid groups (broad SMARTS) is 1. The van der Waals surface area contributed by atoms with E-state index < -0.39 is 18.1 Å². The quantitative estimate of drug-likeness (QED) is 0.858. The number of rotatable bonds is 2. The summed E-state index contributed by atoms with van der Waals surface area (Å²) in [5, 5.41) is 18.8. The number of hydrogen-bond acceptors (Lipinski definition) is 5. The maximum Gasteiger partial charge on any atom is 0.326 e. The number of aliphatic hydroxyl groups excluding tert-OH is 1. The van der Waals surface area contributed by atoms with E-state index in [-0.39, 0.29) is 18.9 Å². The number of aliphatic hydroxyl groups is 1. The second-order valence-corrected chi connectivity index (χ2v) is 7.30. The lowest BCUT2D eigenvalue weighted by molar-refractivity contribution is -0.141. The molecular formula is C13H15NO4S2. The van der Waals surface area contributed by atoms with E-state index in [0.29, 0.717) is 4.88 Å². The highest BCUT2D eigenvalue weighted by Crippen LogP contribution is 2.33. The summed E-state index contributed by atoms with van der Waals surface area (Å²) >= 11 is 3.31. The van der Waals surface area contributed by atoms with Crippen LogP contribution in [0, 0.1) is 0 Å². The van der Waals surface area contributed by atoms with Gasteiger partial charge >= 0.3 is 5.97 Å². The number of carboxylic acids is 1. The van der Waals surface area contributed by atoms with Crippen LogP contribution >= 0.6 is 23.1 Å². The molecule has 0 unspecified atom stereocenters. The van der Waals surface area contributed by atoms with Gasteiger partial charge < -0.3 is 15.1 Å². The fourth-order valence-electron chi connectivity index (χ4n) is 2.67. The van der Waals surface area contributed by atoms with Crippen molar-refractivity contribution in [1.29, 1.82) is 0 Å². The van der Waals surface area contributed by atoms with Crippen molar-refractivity contribution in [3.63, 3.8) is 0 Å². The monoisotopic (exact) mass is 313 g/mol. The van der Waals surface area contributed by atoms with Gasteiger partial charge in [-0.3, -0.25) is 4.79 Å². The third kappa shape index (κ3) is 2.45. The molecule has 5 nitrogen and oxygen atoms in total. The second kappa shape index (κ2) is 5.38. The molecule has 0 spiro atoms. The van der Waals surface area contributed by atoms with Crippen LogP contribution in [-0.4, -0.2) is 51.4 Å². The summed E-state index contributed by atoms with van der Waals surface area (Å²) < 4.78 is 0. The van der Waals surface area contributed by atoms with Crippen LogP contribution in [0.1, 0.15) is 26.5 Å². The van der Waals surface area contributed by atoms with Crippen molar-refractivity contribution >= 4 is 35.0 Å². The summed E-state index contributed by atoms with van der Waals surface area (Å²) in [4.78, 5) is 26.8. The van der Waals surface area contributed by atoms with Gasteiger partial charge in [0, 0.05) is 23.6 Å². The minimum atomic E-state index is -1.05. The first-order chi connectivity index (χ1) is 9.56. The average molecular weight is 313 g/mol. The van der Waals surface area contributed by atoms with E-state index in [4.69, 9.17) is 5.11 Å². The predicted molar refractivity (Wildman–Crippen MR) is 77.3 cm³/mol. The van der Waals surface area contributed by atoms with Crippen molar-refractivity contribution in [1.82, 2.24) is 4.90 Å². The number of thiophene rings is 1. The number of hydrogen-bond donors (Lipinski definition) is 2. The van der Waals surface area contributed by atoms with Gasteiger partial charge in [0.15, 0.2) is 0 Å². The summed E-state index contributed by atoms with van der Waals surface area (Å²) in [5.41, 5.74) is 1.20. The largest absolute Gasteiger partial charge is 0.480 e. The van der Waals surface area contributed by atoms with Crippen molar-refractivity contribution < 1.29 is 19.8 Å². The normalized spacial score (nSPS) is 25.6. The van der Waals surface area contributed by atoms with Crippen LogP contribution in [-0.2, 0) is 17.0 Å². The third-order valence-corrected chi connectivity index (χ3v) is 5.90. The fourth-order valence-corrected chi connectivity index (χ4v) is 4.99. The lowest BCUT2D eigenvalue weighted by atomic mass is 10.2. The van der Waals surface area contributed by atoms with Crippen LogP contribution in [0.15, 0.2) is 6.07 Å². The Hall–Kier alpha value is -1.05. The maximum atomic E-state index is 12.5. The molecule has 1 saturated heterocycles. The second-order valence-electron chi connectivity index (χ2n) is 5.06. The Labute approximate surface area is 124 Å². The minimum Gasteiger partial charge on any atom is -0.480 e. The van der Waals surface area contributed by atoms with Gasteiger partial charge in [-0.1, -0.05) is 0 Å². The Bertz CT molecular complexity index is 533. The zero-order valence-corrected chi connectivity index (χ0v) is 12.4. The average Bonchev–Trinajstić information content (AvgIpc) is 3.01. The SMILES string of the molecule is O=C(O)[C@@H]1C[C@H](O)CN1C(=O)c1cc2c(s1)CCSC2. The summed E-state index contributed by atoms with van der Waals surface area (Å²) in [6, 6.07) is 0.976. The molecule has 3 heterocycles. The molecule has 2 N–H and O–H groups in total. The highest BCUT2D eigenvalue weighted by molar-refractivity contribution is 7.98. The zero-order valence-electron chi connectivity index (χ0n) is 10.7. The number of likely N-dealkylation sites (tertiary alicyclic amines) is 1. The van der Waals surface area contributed by atoms with Crippen LogP contribution in [0.3, 0.4) is 0 Å². The topological polar surface area (TPSA) is 77.8 Å². The van der Waals surface area contributed by atoms with E-state index in [1.165, 1.54) is 26.7 Å². The van der Waals surface area contributed by atoms with E-state index in [9.17, 15) is 14.7 Å². The van der Waals surface area contributed by atoms with E-state index in [0.717, 1.165) is 17.9 Å². The van der Waals surface area contributed by atoms with Gasteiger partial charge in [0.25, 0.3) is 5.91 Å². The first-order valence-electron chi connectivity index (χ1n) is 6.47. The Morgan fingerprint density at radius 3 is 2.90 bits per heavy atom. The van der Waals surface area contributed by atoms with Gasteiger partial charge in [0.1, 0.15) is 6.04 Å². The Balaban J connectivity index is 1.84. The standard InChI is InChI=1S/C13H15NO4S2/c15-8-4-9(13(17)18)14(5-8)12(16)11-3-7-6-19-2-1-10(7)20-11/h3,8-9,15H,1-2,4-6H2,(H,17,18)/t8-,9-/m0/s1. The highest BCUT2D eigenvalue weighted by Gasteiger charge is 2.39. The number of carbonyl (C=O) groups is 2. The minimum absolute atomic E-state index is 0.104. The van der Waals surface area contributed by atoms with Crippen molar-refractivity contribution in [2.24, 2.45) is 0 Å². The molecule has 2 aliphatic heterocycles. The van der Waals surface area contributed by atoms with Crippen LogP contribution in [0.25, 0.3) is 0 Å². The molecule has 2 aliphatic rings. The number of nitrogens with zero attached hydrogens (tertiary/aromatic N) is 1. The molecule has 0 radical (unpaired) electrons. The number of amides is 1. The molecule has 0 aromatic carbocycles. The van der Waals surface area contributed by atoms with Crippen molar-refractivity contribution in [2.45, 2.75) is 30.7 Å². The van der Waals surface area contributed by atoms with Gasteiger partial charge in [-0.25, -0.2) is 4.79 Å². The molecule has 7 heteroatoms. The number of carbonyl (C=O) groups excluding carboxylic acids is 1. The van der Waals surface area contributed by atoms with Crippen LogP contribution in [0.5, 0.6) is 0 Å². The summed E-state index contributed by atoms with van der Waals surface area (Å²) in [6.45, 7) is 0.104. The maximum absolute atomic E-state index is 12.5. The van der Waals surface area contributed by atoms with Crippen molar-refractivity contribution in [2.75, 3.05) is 12.3 Å². The molecule has 20 heavy (non-hydrogen) atoms. The molecule has 1 aromatic rings. The molecule has 1 fully saturated rings. The van der Waals surface area contributed by atoms with Crippen LogP contribution in [0.4, 0.5) is 0 Å². The van der Waals surface area contributed by atoms with Gasteiger partial charge in [0.2, 0.25) is 0 Å². The molecule has 0 saturated carbocycles. The highest BCUT2D eigenvalue weighted by atomic mass is 32.2. The molecule has 0 aliphatic carbocycles. The van der Waals surface area contributed by atoms with Crippen LogP contribution in [0.2, 0.25) is 0 Å². The molecule has 108 valence electrons. The Morgan fingerprint density at radius 2 is 2.20 bits per heavy atom. The van der Waals surface area contributed by atoms with E-state index in [1.54, 1.807) is 0 Å². The molecule has 3 rings (SSSR count). The third-order valence-electron chi connectivity index (χ3n) is 3.66. The molecule has 2 atom stereocenters. The Morgan fingerprint density at radius 1 is 1.40 bits per heavy atom. The van der Waals surface area contributed by atoms with Crippen LogP contribution < -0.4 is 0 Å². The molecule has 0 bridgehead atoms. The van der Waals surface area contributed by atoms with E-state index in [1.807, 2.05) is 17.8 Å². The number of β-amino-alcohol motifs (C(OH)–C–C–N with tert-alkyl or cyclic N) is 1. The fraction of sp³-hybridized carbons (Fsp3) is 0.538. The van der Waals surface area contributed by atoms with E-state index in [2.05, 4.69) is 0 Å². The van der Waals surface area contributed by atoms with Gasteiger partial charge in [-0.05, 0) is 23.8 Å². The van der Waals surface area contributed by atoms with Crippen molar-refractivity contribution in [3.8, 4) is 0 Å². The van der Waals surface area contributed by atoms with E-state index >= 15 is 0 Å². The first-order valence-corrected chi connectivity index (χ1v) is 8.44. The smallest absolute Gasteiger partial charge is 0.326 e. The first kappa shape index (κ1) is 13.9. The lowest BCUT2D eigenvalue weighted by Gasteiger charge is -2.20. The summed E-state index contributed by atoms with van der Waals surface area (Å²) in [5.74, 6) is 0.677. The Kier molecular flexibility index (Phi) is 3.74. The number of aryl methyl sites for hydroxylation is 1. The predicted octanol–water partition coefficient (Wildman–Crippen LogP) is 1.20. The molecule has 1 amide bonds. The summed E-state index contributed by atoms with van der Waals surface area (Å²) in [6.07, 6.45) is 0.343. The van der Waals surface area contributed by atoms with Gasteiger partial charge in [0.05, 0.1) is 11.0 Å². The zero-order chi connectivity index (χ0) is 14.3. The number of aliphatic carboxylic acids is 1. The lowest BCUT2D eigenvalue weighted by Crippen LogP contribution is -2.40. The van der Waals surface area contributed by atoms with Crippen molar-refractivity contribution in [3.05, 3.63) is 21.4 Å². The number of thioether (sulfide) groups is 1. The van der Waals surface area contributed by atoms with Gasteiger partial charge in [-0.15, -0.1) is 11.3 Å². The number of fused-ring (bicyclic) bond motifs is 1. The van der Waals surface area contributed by atoms with Gasteiger partial charge in [-0.2, -0.15) is 11.8 Å². The summed E-state index contributed by atoms with van der Waals surface area (Å²) in [7, 11) is 0. The molecule has 1 aromatic heterocycles. The molecular weight excluding hydrogens is 298 g/mol.